The van der Waals surface area contributed by atoms with E-state index in [1.807, 2.05) is 27.8 Å². The molecule has 10 heteroatoms. The summed E-state index contributed by atoms with van der Waals surface area (Å²) in [5.74, 6) is 1.29. The van der Waals surface area contributed by atoms with Gasteiger partial charge in [-0.1, -0.05) is 12.1 Å². The van der Waals surface area contributed by atoms with Crippen LogP contribution in [0.25, 0.3) is 0 Å². The summed E-state index contributed by atoms with van der Waals surface area (Å²) in [5, 5.41) is 36.5. The van der Waals surface area contributed by atoms with E-state index in [9.17, 15) is 20.3 Å². The first kappa shape index (κ1) is 29.2. The molecule has 1 fully saturated rings. The Balaban J connectivity index is 0.00000323. The summed E-state index contributed by atoms with van der Waals surface area (Å²) in [5.41, 5.74) is 5.95. The molecule has 6 rings (SSSR count). The Labute approximate surface area is 270 Å². The van der Waals surface area contributed by atoms with Gasteiger partial charge in [0.1, 0.15) is 17.5 Å². The van der Waals surface area contributed by atoms with Crippen LogP contribution in [0.2, 0.25) is 0 Å². The van der Waals surface area contributed by atoms with E-state index in [0.29, 0.717) is 35.7 Å². The Morgan fingerprint density at radius 2 is 1.85 bits per heavy atom. The van der Waals surface area contributed by atoms with Gasteiger partial charge in [-0.3, -0.25) is 14.6 Å². The molecular formula is C30H34AcN4O5. The molecule has 0 saturated carbocycles. The molecule has 4 aliphatic rings. The van der Waals surface area contributed by atoms with Crippen molar-refractivity contribution in [2.75, 3.05) is 20.4 Å². The Hall–Kier alpha value is -2.30. The Morgan fingerprint density at radius 3 is 2.55 bits per heavy atom. The number of phenolic OH excluding ortho intramolecular Hbond substituents is 2. The van der Waals surface area contributed by atoms with E-state index in [1.165, 1.54) is 6.08 Å². The molecule has 1 saturated heterocycles. The third kappa shape index (κ3) is 4.16. The van der Waals surface area contributed by atoms with Gasteiger partial charge in [0, 0.05) is 84.9 Å². The van der Waals surface area contributed by atoms with Crippen LogP contribution in [-0.4, -0.2) is 64.4 Å². The van der Waals surface area contributed by atoms with Crippen molar-refractivity contribution in [1.29, 1.82) is 5.26 Å². The van der Waals surface area contributed by atoms with Gasteiger partial charge in [-0.05, 0) is 70.4 Å². The average Bonchev–Trinajstić information content (AvgIpc) is 3.40. The van der Waals surface area contributed by atoms with E-state index in [0.717, 1.165) is 33.4 Å². The molecule has 1 unspecified atom stereocenters. The number of phenols is 2. The maximum Gasteiger partial charge on any atom is 0.243 e. The van der Waals surface area contributed by atoms with Crippen LogP contribution in [0.1, 0.15) is 58.0 Å². The van der Waals surface area contributed by atoms with Crippen LogP contribution in [0.15, 0.2) is 18.2 Å². The summed E-state index contributed by atoms with van der Waals surface area (Å²) in [6, 6.07) is 3.21. The third-order valence-corrected chi connectivity index (χ3v) is 9.25. The van der Waals surface area contributed by atoms with E-state index in [-0.39, 0.29) is 87.2 Å². The second-order valence-corrected chi connectivity index (χ2v) is 11.1. The molecule has 5 atom stereocenters. The molecule has 9 nitrogen and oxygen atoms in total. The SMILES string of the molecule is C/C=C/C(=O)NC[C@H]1c2c(c(O)c(C)c3c2OCO3)CC2[C@H]3c4c(cc(C)c(C)c4O)C[C@@H]([C@H](C#N)N21)N3C.[Ac]. The number of nitrogens with zero attached hydrogens (tertiary/aromatic N) is 3. The zero-order valence-electron chi connectivity index (χ0n) is 23.5. The summed E-state index contributed by atoms with van der Waals surface area (Å²) in [7, 11) is 2.03. The number of carbonyl (C=O) groups excluding carboxylic acids is 1. The predicted molar refractivity (Wildman–Crippen MR) is 144 cm³/mol. The molecule has 2 aromatic carbocycles. The van der Waals surface area contributed by atoms with Gasteiger partial charge in [0.05, 0.1) is 18.2 Å². The van der Waals surface area contributed by atoms with Gasteiger partial charge in [0.2, 0.25) is 12.7 Å². The van der Waals surface area contributed by atoms with Crippen molar-refractivity contribution in [3.05, 3.63) is 57.2 Å². The minimum absolute atomic E-state index is 0. The number of hydrogen-bond donors (Lipinski definition) is 3. The van der Waals surface area contributed by atoms with Crippen molar-refractivity contribution in [3.8, 4) is 29.1 Å². The van der Waals surface area contributed by atoms with E-state index in [4.69, 9.17) is 9.47 Å². The number of allylic oxidation sites excluding steroid dienone is 1. The van der Waals surface area contributed by atoms with Crippen molar-refractivity contribution in [2.24, 2.45) is 0 Å². The topological polar surface area (TPSA) is 118 Å². The van der Waals surface area contributed by atoms with E-state index >= 15 is 0 Å². The van der Waals surface area contributed by atoms with Crippen molar-refractivity contribution < 1.29 is 68.5 Å². The Morgan fingerprint density at radius 1 is 1.12 bits per heavy atom. The first-order valence-corrected chi connectivity index (χ1v) is 13.4. The van der Waals surface area contributed by atoms with Crippen LogP contribution in [0, 0.1) is 76.2 Å². The van der Waals surface area contributed by atoms with Crippen LogP contribution >= 0.6 is 0 Å². The van der Waals surface area contributed by atoms with Crippen molar-refractivity contribution in [3.63, 3.8) is 0 Å². The zero-order chi connectivity index (χ0) is 27.7. The molecule has 4 heterocycles. The number of likely N-dealkylation sites (N-methyl/N-ethyl adjacent to an activating group) is 1. The number of aryl methyl sites for hydroxylation is 1. The Bertz CT molecular complexity index is 1470. The summed E-state index contributed by atoms with van der Waals surface area (Å²) < 4.78 is 11.7. The fourth-order valence-corrected chi connectivity index (χ4v) is 7.32. The quantitative estimate of drug-likeness (QED) is 0.409. The number of ether oxygens (including phenoxy) is 2. The summed E-state index contributed by atoms with van der Waals surface area (Å²) in [6.07, 6.45) is 4.22. The first-order valence-electron chi connectivity index (χ1n) is 13.4. The zero-order valence-corrected chi connectivity index (χ0v) is 28.2. The molecule has 2 aromatic rings. The number of nitriles is 1. The molecule has 207 valence electrons. The number of benzene rings is 2. The van der Waals surface area contributed by atoms with Crippen molar-refractivity contribution in [1.82, 2.24) is 15.1 Å². The molecule has 4 aliphatic heterocycles. The van der Waals surface area contributed by atoms with Gasteiger partial charge in [-0.15, -0.1) is 0 Å². The maximum atomic E-state index is 12.6. The van der Waals surface area contributed by atoms with E-state index < -0.39 is 12.1 Å². The molecule has 1 radical (unpaired) electrons. The summed E-state index contributed by atoms with van der Waals surface area (Å²) in [4.78, 5) is 17.0. The molecule has 40 heavy (non-hydrogen) atoms. The van der Waals surface area contributed by atoms with Gasteiger partial charge < -0.3 is 25.0 Å². The molecular weight excluding hydrogens is 723 g/mol. The number of hydrogen-bond acceptors (Lipinski definition) is 8. The molecule has 0 spiro atoms. The number of carbonyl (C=O) groups is 1. The fourth-order valence-electron chi connectivity index (χ4n) is 7.32. The van der Waals surface area contributed by atoms with Crippen LogP contribution in [0.4, 0.5) is 0 Å². The molecule has 1 amide bonds. The van der Waals surface area contributed by atoms with Crippen LogP contribution in [0.3, 0.4) is 0 Å². The monoisotopic (exact) mass is 757 g/mol. The molecule has 0 aliphatic carbocycles. The normalized spacial score (nSPS) is 26.4. The van der Waals surface area contributed by atoms with Crippen molar-refractivity contribution in [2.45, 2.75) is 70.7 Å². The Kier molecular flexibility index (Phi) is 7.91. The van der Waals surface area contributed by atoms with Crippen LogP contribution in [-0.2, 0) is 17.6 Å². The molecule has 2 bridgehead atoms. The van der Waals surface area contributed by atoms with E-state index in [1.54, 1.807) is 13.0 Å². The molecule has 3 N–H and O–H groups in total. The third-order valence-electron chi connectivity index (χ3n) is 9.25. The van der Waals surface area contributed by atoms with Gasteiger partial charge in [0.25, 0.3) is 0 Å². The summed E-state index contributed by atoms with van der Waals surface area (Å²) >= 11 is 0. The van der Waals surface area contributed by atoms with Crippen LogP contribution in [0.5, 0.6) is 23.0 Å². The fraction of sp³-hybridized carbons (Fsp3) is 0.467. The smallest absolute Gasteiger partial charge is 0.243 e. The largest absolute Gasteiger partial charge is 0.507 e. The van der Waals surface area contributed by atoms with Gasteiger partial charge in [-0.25, -0.2) is 0 Å². The van der Waals surface area contributed by atoms with Gasteiger partial charge in [-0.2, -0.15) is 5.26 Å². The number of rotatable bonds is 3. The van der Waals surface area contributed by atoms with Crippen LogP contribution < -0.4 is 14.8 Å². The van der Waals surface area contributed by atoms with E-state index in [2.05, 4.69) is 27.3 Å². The minimum Gasteiger partial charge on any atom is -0.507 e. The minimum atomic E-state index is -0.494. The number of amides is 1. The second-order valence-electron chi connectivity index (χ2n) is 11.1. The molecule has 0 aromatic heterocycles. The van der Waals surface area contributed by atoms with Gasteiger partial charge >= 0.3 is 0 Å². The predicted octanol–water partition coefficient (Wildman–Crippen LogP) is 3.22. The van der Waals surface area contributed by atoms with Gasteiger partial charge in [0.15, 0.2) is 11.5 Å². The van der Waals surface area contributed by atoms with Crippen molar-refractivity contribution >= 4 is 5.91 Å². The first-order chi connectivity index (χ1) is 18.7. The number of fused-ring (bicyclic) bond motifs is 9. The maximum absolute atomic E-state index is 12.6. The second kappa shape index (κ2) is 10.8. The number of nitrogens with one attached hydrogen (secondary N) is 1. The summed E-state index contributed by atoms with van der Waals surface area (Å²) in [6.45, 7) is 7.79. The number of piperazine rings is 1. The number of aromatic hydroxyl groups is 2. The standard InChI is InChI=1S/C30H34N4O5.Ac/c1-6-7-23(35)32-12-22-25-18(27(36)16(4)29-30(25)39-13-38-29)10-20-26-24-17(8-14(2)15(3)28(24)37)9-19(33(26)5)21(11-31)34(20)22;/h6-8,19-22,26,36-37H,9-10,12-13H2,1-5H3,(H,32,35);/b7-6+;/t19-,20?,21-,22-,26-;/m0./s1. The average molecular weight is 758 g/mol.